The van der Waals surface area contributed by atoms with E-state index < -0.39 is 6.09 Å². The third-order valence-electron chi connectivity index (χ3n) is 1.68. The van der Waals surface area contributed by atoms with E-state index in [1.165, 1.54) is 4.90 Å². The third kappa shape index (κ3) is 2.11. The van der Waals surface area contributed by atoms with Crippen LogP contribution in [0.25, 0.3) is 0 Å². The lowest BCUT2D eigenvalue weighted by Crippen LogP contribution is -2.25. The van der Waals surface area contributed by atoms with Crippen LogP contribution in [0.3, 0.4) is 0 Å². The van der Waals surface area contributed by atoms with Crippen molar-refractivity contribution in [3.05, 3.63) is 31.4 Å². The van der Waals surface area contributed by atoms with E-state index in [1.807, 2.05) is 0 Å². The highest BCUT2D eigenvalue weighted by Gasteiger charge is 2.09. The molecule has 0 aliphatic heterocycles. The van der Waals surface area contributed by atoms with Gasteiger partial charge in [-0.05, 0) is 24.3 Å². The second-order valence-electron chi connectivity index (χ2n) is 2.56. The summed E-state index contributed by atoms with van der Waals surface area (Å²) in [7, 11) is 4.63. The van der Waals surface area contributed by atoms with Crippen LogP contribution in [0.2, 0.25) is 0 Å². The van der Waals surface area contributed by atoms with Crippen molar-refractivity contribution in [2.45, 2.75) is 0 Å². The monoisotopic (exact) mass is 179 g/mol. The first-order chi connectivity index (χ1) is 6.15. The third-order valence-corrected chi connectivity index (χ3v) is 1.68. The molecular formula is C9H11N2O2. The van der Waals surface area contributed by atoms with Gasteiger partial charge in [-0.2, -0.15) is 0 Å². The zero-order chi connectivity index (χ0) is 9.84. The fourth-order valence-electron chi connectivity index (χ4n) is 0.900. The highest BCUT2D eigenvalue weighted by atomic mass is 16.5. The molecule has 2 N–H and O–H groups in total. The Morgan fingerprint density at radius 2 is 2.00 bits per heavy atom. The van der Waals surface area contributed by atoms with Gasteiger partial charge >= 0.3 is 6.09 Å². The predicted octanol–water partition coefficient (Wildman–Crippen LogP) is 1.63. The first-order valence-electron chi connectivity index (χ1n) is 3.70. The molecule has 4 nitrogen and oxygen atoms in total. The molecule has 1 aromatic carbocycles. The molecular weight excluding hydrogens is 168 g/mol. The van der Waals surface area contributed by atoms with Crippen LogP contribution in [0.4, 0.5) is 16.2 Å². The van der Waals surface area contributed by atoms with E-state index in [2.05, 4.69) is 11.8 Å². The van der Waals surface area contributed by atoms with Crippen molar-refractivity contribution < 1.29 is 9.53 Å². The highest BCUT2D eigenvalue weighted by molar-refractivity contribution is 5.87. The Hall–Kier alpha value is -1.71. The molecule has 0 aromatic heterocycles. The van der Waals surface area contributed by atoms with E-state index in [0.29, 0.717) is 11.4 Å². The summed E-state index contributed by atoms with van der Waals surface area (Å²) in [6.45, 7) is 0. The Kier molecular flexibility index (Phi) is 2.74. The number of amides is 1. The highest BCUT2D eigenvalue weighted by Crippen LogP contribution is 2.15. The fourth-order valence-corrected chi connectivity index (χ4v) is 0.900. The van der Waals surface area contributed by atoms with Gasteiger partial charge in [0.2, 0.25) is 0 Å². The Balaban J connectivity index is 2.83. The summed E-state index contributed by atoms with van der Waals surface area (Å²) < 4.78 is 4.30. The standard InChI is InChI=1S/C9H11N2O2/c1-11(9(12)13-2)8-5-3-7(10)4-6-8/h3-6H,2,10H2,1H3. The van der Waals surface area contributed by atoms with Gasteiger partial charge in [0, 0.05) is 18.4 Å². The number of hydrogen-bond acceptors (Lipinski definition) is 3. The Labute approximate surface area is 76.9 Å². The van der Waals surface area contributed by atoms with Gasteiger partial charge in [-0.25, -0.2) is 4.79 Å². The normalized spacial score (nSPS) is 9.38. The zero-order valence-corrected chi connectivity index (χ0v) is 7.36. The number of benzene rings is 1. The van der Waals surface area contributed by atoms with E-state index in [0.717, 1.165) is 0 Å². The van der Waals surface area contributed by atoms with Gasteiger partial charge in [-0.1, -0.05) is 0 Å². The van der Waals surface area contributed by atoms with Crippen molar-refractivity contribution in [1.29, 1.82) is 0 Å². The predicted molar refractivity (Wildman–Crippen MR) is 51.1 cm³/mol. The van der Waals surface area contributed by atoms with Crippen molar-refractivity contribution in [3.8, 4) is 0 Å². The number of ether oxygens (including phenoxy) is 1. The summed E-state index contributed by atoms with van der Waals surface area (Å²) in [6.07, 6.45) is -0.509. The molecule has 1 rings (SSSR count). The van der Waals surface area contributed by atoms with Gasteiger partial charge < -0.3 is 10.5 Å². The van der Waals surface area contributed by atoms with E-state index in [9.17, 15) is 4.79 Å². The summed E-state index contributed by atoms with van der Waals surface area (Å²) >= 11 is 0. The molecule has 0 atom stereocenters. The number of rotatable bonds is 1. The van der Waals surface area contributed by atoms with Crippen LogP contribution < -0.4 is 10.6 Å². The number of carbonyl (C=O) groups excluding carboxylic acids is 1. The number of nitrogens with zero attached hydrogens (tertiary/aromatic N) is 1. The van der Waals surface area contributed by atoms with Crippen molar-refractivity contribution in [2.75, 3.05) is 17.7 Å². The van der Waals surface area contributed by atoms with Gasteiger partial charge in [0.15, 0.2) is 0 Å². The molecule has 0 saturated heterocycles. The zero-order valence-electron chi connectivity index (χ0n) is 7.36. The van der Waals surface area contributed by atoms with E-state index in [-0.39, 0.29) is 0 Å². The molecule has 69 valence electrons. The molecule has 0 saturated carbocycles. The van der Waals surface area contributed by atoms with Crippen LogP contribution in [0.15, 0.2) is 24.3 Å². The Bertz CT molecular complexity index is 295. The molecule has 0 fully saturated rings. The first-order valence-corrected chi connectivity index (χ1v) is 3.70. The average molecular weight is 179 g/mol. The number of anilines is 2. The lowest BCUT2D eigenvalue weighted by atomic mass is 10.3. The summed E-state index contributed by atoms with van der Waals surface area (Å²) in [5.74, 6) is 0. The lowest BCUT2D eigenvalue weighted by Gasteiger charge is -2.14. The topological polar surface area (TPSA) is 55.6 Å². The van der Waals surface area contributed by atoms with Gasteiger partial charge in [0.25, 0.3) is 0 Å². The van der Waals surface area contributed by atoms with Crippen LogP contribution in [0.1, 0.15) is 0 Å². The molecule has 4 heteroatoms. The van der Waals surface area contributed by atoms with Crippen LogP contribution >= 0.6 is 0 Å². The first kappa shape index (κ1) is 9.38. The van der Waals surface area contributed by atoms with Gasteiger partial charge in [0.05, 0.1) is 0 Å². The van der Waals surface area contributed by atoms with Crippen LogP contribution in [0, 0.1) is 7.11 Å². The summed E-state index contributed by atoms with van der Waals surface area (Å²) in [5.41, 5.74) is 6.85. The molecule has 1 radical (unpaired) electrons. The molecule has 0 aliphatic carbocycles. The number of hydrogen-bond donors (Lipinski definition) is 1. The van der Waals surface area contributed by atoms with Gasteiger partial charge in [-0.15, -0.1) is 0 Å². The maximum atomic E-state index is 11.0. The quantitative estimate of drug-likeness (QED) is 0.666. The van der Waals surface area contributed by atoms with E-state index in [4.69, 9.17) is 5.73 Å². The maximum absolute atomic E-state index is 11.0. The van der Waals surface area contributed by atoms with E-state index in [1.54, 1.807) is 31.3 Å². The second-order valence-corrected chi connectivity index (χ2v) is 2.56. The number of nitrogens with two attached hydrogens (primary N) is 1. The van der Waals surface area contributed by atoms with Crippen LogP contribution in [0.5, 0.6) is 0 Å². The molecule has 0 aliphatic rings. The fraction of sp³-hybridized carbons (Fsp3) is 0.111. The second kappa shape index (κ2) is 3.80. The summed E-state index contributed by atoms with van der Waals surface area (Å²) in [6, 6.07) is 6.88. The Morgan fingerprint density at radius 1 is 1.46 bits per heavy atom. The largest absolute Gasteiger partial charge is 0.446 e. The molecule has 1 aromatic rings. The SMILES string of the molecule is [CH2]OC(=O)N(C)c1ccc(N)cc1. The smallest absolute Gasteiger partial charge is 0.414 e. The number of carbonyl (C=O) groups is 1. The molecule has 0 spiro atoms. The van der Waals surface area contributed by atoms with Crippen molar-refractivity contribution >= 4 is 17.5 Å². The van der Waals surface area contributed by atoms with Gasteiger partial charge in [0.1, 0.15) is 7.11 Å². The maximum Gasteiger partial charge on any atom is 0.414 e. The molecule has 0 bridgehead atoms. The molecule has 1 amide bonds. The lowest BCUT2D eigenvalue weighted by molar-refractivity contribution is 0.192. The van der Waals surface area contributed by atoms with Crippen molar-refractivity contribution in [2.24, 2.45) is 0 Å². The van der Waals surface area contributed by atoms with Crippen molar-refractivity contribution in [1.82, 2.24) is 0 Å². The van der Waals surface area contributed by atoms with Crippen molar-refractivity contribution in [3.63, 3.8) is 0 Å². The average Bonchev–Trinajstić information content (AvgIpc) is 2.17. The summed E-state index contributed by atoms with van der Waals surface area (Å²) in [4.78, 5) is 12.3. The minimum absolute atomic E-state index is 0.509. The molecule has 0 heterocycles. The summed E-state index contributed by atoms with van der Waals surface area (Å²) in [5, 5.41) is 0. The Morgan fingerprint density at radius 3 is 2.46 bits per heavy atom. The van der Waals surface area contributed by atoms with Crippen LogP contribution in [-0.2, 0) is 4.74 Å². The minimum Gasteiger partial charge on any atom is -0.446 e. The van der Waals surface area contributed by atoms with E-state index >= 15 is 0 Å². The minimum atomic E-state index is -0.509. The van der Waals surface area contributed by atoms with Gasteiger partial charge in [-0.3, -0.25) is 4.90 Å². The molecule has 13 heavy (non-hydrogen) atoms. The number of nitrogen functional groups attached to an aromatic ring is 1. The van der Waals surface area contributed by atoms with Crippen LogP contribution in [-0.4, -0.2) is 13.1 Å². The molecule has 0 unspecified atom stereocenters.